The van der Waals surface area contributed by atoms with Gasteiger partial charge >= 0.3 is 11.9 Å². The van der Waals surface area contributed by atoms with E-state index in [1.54, 1.807) is 0 Å². The lowest BCUT2D eigenvalue weighted by atomic mass is 10.0. The lowest BCUT2D eigenvalue weighted by Crippen LogP contribution is -2.19. The van der Waals surface area contributed by atoms with E-state index >= 15 is 0 Å². The lowest BCUT2D eigenvalue weighted by molar-refractivity contribution is -0.151. The number of esters is 1. The summed E-state index contributed by atoms with van der Waals surface area (Å²) in [5.41, 5.74) is 0. The number of hydrogen-bond donors (Lipinski definition) is 1. The zero-order valence-corrected chi connectivity index (χ0v) is 27.3. The average molecular weight is 585 g/mol. The molecule has 0 aliphatic carbocycles. The van der Waals surface area contributed by atoms with Crippen molar-refractivity contribution in [3.05, 3.63) is 60.8 Å². The van der Waals surface area contributed by atoms with Gasteiger partial charge < -0.3 is 9.84 Å². The molecule has 0 rings (SSSR count). The van der Waals surface area contributed by atoms with Crippen LogP contribution in [0.2, 0.25) is 0 Å². The number of carbonyl (C=O) groups excluding carboxylic acids is 1. The van der Waals surface area contributed by atoms with Crippen molar-refractivity contribution in [1.82, 2.24) is 0 Å². The highest BCUT2D eigenvalue weighted by Gasteiger charge is 2.15. The van der Waals surface area contributed by atoms with E-state index in [4.69, 9.17) is 9.84 Å². The monoisotopic (exact) mass is 584 g/mol. The fourth-order valence-electron chi connectivity index (χ4n) is 4.73. The van der Waals surface area contributed by atoms with Crippen molar-refractivity contribution in [2.45, 2.75) is 168 Å². The molecule has 240 valence electrons. The third-order valence-electron chi connectivity index (χ3n) is 7.27. The molecule has 0 saturated heterocycles. The first kappa shape index (κ1) is 39.6. The van der Waals surface area contributed by atoms with Crippen LogP contribution in [0.15, 0.2) is 60.8 Å². The Morgan fingerprint density at radius 3 is 1.55 bits per heavy atom. The standard InChI is InChI=1S/C38H64O4/c1-3-5-7-9-11-13-15-16-17-18-19-20-21-22-23-25-27-29-31-33-38(41)42-36(34-35-37(39)40)32-30-28-26-24-14-12-10-8-6-4-2/h5,7,11,13,16-17,19-20,22-23,36H,3-4,6,8-10,12,14-15,18,21,24-35H2,1-2H3,(H,39,40)/b7-5-,13-11-,17-16-,20-19-,23-22-. The van der Waals surface area contributed by atoms with E-state index in [-0.39, 0.29) is 18.5 Å². The maximum atomic E-state index is 12.4. The molecule has 0 aromatic rings. The van der Waals surface area contributed by atoms with Crippen LogP contribution < -0.4 is 0 Å². The van der Waals surface area contributed by atoms with E-state index in [0.29, 0.717) is 12.8 Å². The normalized spacial score (nSPS) is 13.0. The Labute approximate surface area is 259 Å². The summed E-state index contributed by atoms with van der Waals surface area (Å²) >= 11 is 0. The van der Waals surface area contributed by atoms with Gasteiger partial charge in [-0.05, 0) is 70.6 Å². The molecule has 42 heavy (non-hydrogen) atoms. The Kier molecular flexibility index (Phi) is 31.3. The molecule has 0 aliphatic rings. The zero-order chi connectivity index (χ0) is 30.8. The third-order valence-corrected chi connectivity index (χ3v) is 7.27. The minimum atomic E-state index is -0.825. The minimum Gasteiger partial charge on any atom is -0.481 e. The zero-order valence-electron chi connectivity index (χ0n) is 27.3. The Bertz CT molecular complexity index is 759. The van der Waals surface area contributed by atoms with E-state index in [0.717, 1.165) is 77.0 Å². The summed E-state index contributed by atoms with van der Waals surface area (Å²) in [6, 6.07) is 0. The minimum absolute atomic E-state index is 0.0585. The molecule has 1 atom stereocenters. The molecular formula is C38H64O4. The number of carboxylic acid groups (broad SMARTS) is 1. The van der Waals surface area contributed by atoms with Crippen LogP contribution in [0.1, 0.15) is 162 Å². The first-order valence-corrected chi connectivity index (χ1v) is 17.3. The van der Waals surface area contributed by atoms with Crippen molar-refractivity contribution in [3.63, 3.8) is 0 Å². The van der Waals surface area contributed by atoms with E-state index in [2.05, 4.69) is 74.6 Å². The van der Waals surface area contributed by atoms with Crippen LogP contribution in [-0.4, -0.2) is 23.1 Å². The first-order valence-electron chi connectivity index (χ1n) is 17.3. The highest BCUT2D eigenvalue weighted by Crippen LogP contribution is 2.17. The molecule has 4 heteroatoms. The van der Waals surface area contributed by atoms with E-state index in [9.17, 15) is 9.59 Å². The smallest absolute Gasteiger partial charge is 0.306 e. The van der Waals surface area contributed by atoms with Gasteiger partial charge in [0, 0.05) is 12.8 Å². The summed E-state index contributed by atoms with van der Waals surface area (Å²) in [5, 5.41) is 9.06. The Morgan fingerprint density at radius 1 is 0.548 bits per heavy atom. The summed E-state index contributed by atoms with van der Waals surface area (Å²) in [6.07, 6.45) is 45.1. The number of allylic oxidation sites excluding steroid dienone is 10. The molecular weight excluding hydrogens is 520 g/mol. The van der Waals surface area contributed by atoms with Crippen LogP contribution in [0, 0.1) is 0 Å². The van der Waals surface area contributed by atoms with Crippen LogP contribution in [0.5, 0.6) is 0 Å². The van der Waals surface area contributed by atoms with Gasteiger partial charge in [0.1, 0.15) is 6.10 Å². The average Bonchev–Trinajstić information content (AvgIpc) is 2.97. The number of carboxylic acids is 1. The number of carbonyl (C=O) groups is 2. The van der Waals surface area contributed by atoms with Crippen LogP contribution in [0.4, 0.5) is 0 Å². The highest BCUT2D eigenvalue weighted by molar-refractivity contribution is 5.69. The van der Waals surface area contributed by atoms with E-state index < -0.39 is 5.97 Å². The maximum absolute atomic E-state index is 12.4. The number of hydrogen-bond acceptors (Lipinski definition) is 3. The molecule has 0 saturated carbocycles. The van der Waals surface area contributed by atoms with Gasteiger partial charge in [0.2, 0.25) is 0 Å². The van der Waals surface area contributed by atoms with Gasteiger partial charge in [-0.2, -0.15) is 0 Å². The molecule has 0 fully saturated rings. The quantitative estimate of drug-likeness (QED) is 0.0518. The molecule has 0 radical (unpaired) electrons. The summed E-state index contributed by atoms with van der Waals surface area (Å²) in [4.78, 5) is 23.4. The molecule has 1 unspecified atom stereocenters. The summed E-state index contributed by atoms with van der Waals surface area (Å²) in [6.45, 7) is 4.40. The molecule has 0 spiro atoms. The molecule has 1 N–H and O–H groups in total. The molecule has 0 amide bonds. The fraction of sp³-hybridized carbons (Fsp3) is 0.684. The predicted molar refractivity (Wildman–Crippen MR) is 181 cm³/mol. The summed E-state index contributed by atoms with van der Waals surface area (Å²) in [5.74, 6) is -0.999. The second-order valence-electron chi connectivity index (χ2n) is 11.3. The molecule has 0 heterocycles. The third kappa shape index (κ3) is 32.2. The van der Waals surface area contributed by atoms with Crippen molar-refractivity contribution < 1.29 is 19.4 Å². The van der Waals surface area contributed by atoms with Crippen LogP contribution >= 0.6 is 0 Å². The number of rotatable bonds is 30. The van der Waals surface area contributed by atoms with Crippen molar-refractivity contribution >= 4 is 11.9 Å². The van der Waals surface area contributed by atoms with Gasteiger partial charge in [0.15, 0.2) is 0 Å². The van der Waals surface area contributed by atoms with Gasteiger partial charge in [-0.3, -0.25) is 9.59 Å². The van der Waals surface area contributed by atoms with Gasteiger partial charge in [0.05, 0.1) is 0 Å². The van der Waals surface area contributed by atoms with Crippen LogP contribution in [-0.2, 0) is 14.3 Å². The molecule has 4 nitrogen and oxygen atoms in total. The first-order chi connectivity index (χ1) is 20.6. The Hall–Kier alpha value is -2.36. The Morgan fingerprint density at radius 2 is 1.02 bits per heavy atom. The van der Waals surface area contributed by atoms with Crippen molar-refractivity contribution in [2.75, 3.05) is 0 Å². The second-order valence-corrected chi connectivity index (χ2v) is 11.3. The van der Waals surface area contributed by atoms with Gasteiger partial charge in [0.25, 0.3) is 0 Å². The molecule has 0 bridgehead atoms. The van der Waals surface area contributed by atoms with Gasteiger partial charge in [-0.1, -0.05) is 139 Å². The van der Waals surface area contributed by atoms with Crippen molar-refractivity contribution in [1.29, 1.82) is 0 Å². The largest absolute Gasteiger partial charge is 0.481 e. The summed E-state index contributed by atoms with van der Waals surface area (Å²) < 4.78 is 5.69. The van der Waals surface area contributed by atoms with Crippen LogP contribution in [0.25, 0.3) is 0 Å². The molecule has 0 aromatic carbocycles. The van der Waals surface area contributed by atoms with Crippen molar-refractivity contribution in [3.8, 4) is 0 Å². The number of ether oxygens (including phenoxy) is 1. The summed E-state index contributed by atoms with van der Waals surface area (Å²) in [7, 11) is 0. The maximum Gasteiger partial charge on any atom is 0.306 e. The van der Waals surface area contributed by atoms with E-state index in [1.807, 2.05) is 0 Å². The molecule has 0 aliphatic heterocycles. The Balaban J connectivity index is 3.87. The fourth-order valence-corrected chi connectivity index (χ4v) is 4.73. The van der Waals surface area contributed by atoms with E-state index in [1.165, 1.54) is 51.4 Å². The SMILES string of the molecule is CC/C=C\C/C=C\C/C=C\C/C=C\C/C=C\CCCCCC(=O)OC(CCCCCCCCCCCC)CCC(=O)O. The van der Waals surface area contributed by atoms with Gasteiger partial charge in [-0.15, -0.1) is 0 Å². The second kappa shape index (κ2) is 33.1. The van der Waals surface area contributed by atoms with Crippen LogP contribution in [0.3, 0.4) is 0 Å². The topological polar surface area (TPSA) is 63.6 Å². The lowest BCUT2D eigenvalue weighted by Gasteiger charge is -2.17. The molecule has 0 aromatic heterocycles. The predicted octanol–water partition coefficient (Wildman–Crippen LogP) is 11.8. The number of aliphatic carboxylic acids is 1. The van der Waals surface area contributed by atoms with Gasteiger partial charge in [-0.25, -0.2) is 0 Å². The van der Waals surface area contributed by atoms with Crippen molar-refractivity contribution in [2.24, 2.45) is 0 Å². The highest BCUT2D eigenvalue weighted by atomic mass is 16.5. The number of unbranched alkanes of at least 4 members (excludes halogenated alkanes) is 12.